The summed E-state index contributed by atoms with van der Waals surface area (Å²) in [6, 6.07) is 11.9. The second-order valence-electron chi connectivity index (χ2n) is 7.55. The summed E-state index contributed by atoms with van der Waals surface area (Å²) in [7, 11) is 0. The minimum Gasteiger partial charge on any atom is -0.391 e. The molecule has 1 aliphatic heterocycles. The van der Waals surface area contributed by atoms with Crippen LogP contribution in [0.2, 0.25) is 0 Å². The Kier molecular flexibility index (Phi) is 4.65. The number of benzene rings is 1. The van der Waals surface area contributed by atoms with Crippen molar-refractivity contribution < 1.29 is 9.90 Å². The Morgan fingerprint density at radius 2 is 2.14 bits per heavy atom. The van der Waals surface area contributed by atoms with E-state index in [2.05, 4.69) is 16.3 Å². The van der Waals surface area contributed by atoms with Gasteiger partial charge in [-0.3, -0.25) is 9.89 Å². The fourth-order valence-electron chi connectivity index (χ4n) is 4.12. The van der Waals surface area contributed by atoms with Crippen molar-refractivity contribution >= 4 is 16.8 Å². The average molecular weight is 377 g/mol. The van der Waals surface area contributed by atoms with E-state index in [9.17, 15) is 15.2 Å². The Balaban J connectivity index is 1.51. The summed E-state index contributed by atoms with van der Waals surface area (Å²) in [5.41, 5.74) is 4.17. The highest BCUT2D eigenvalue weighted by atomic mass is 16.3. The number of carbonyl (C=O) groups is 1. The molecule has 0 spiro atoms. The number of nitrogens with one attached hydrogen (secondary N) is 1. The Hall–Kier alpha value is -3.11. The molecule has 2 N–H and O–H groups in total. The van der Waals surface area contributed by atoms with Crippen molar-refractivity contribution in [3.05, 3.63) is 53.0 Å². The summed E-state index contributed by atoms with van der Waals surface area (Å²) in [5, 5.41) is 27.9. The zero-order valence-electron chi connectivity index (χ0n) is 16.0. The number of nitriles is 1. The predicted octanol–water partition coefficient (Wildman–Crippen LogP) is 1.91. The van der Waals surface area contributed by atoms with E-state index in [-0.39, 0.29) is 18.4 Å². The molecule has 0 bridgehead atoms. The van der Waals surface area contributed by atoms with E-state index in [1.807, 2.05) is 48.7 Å². The standard InChI is InChI=1S/C21H23N5O2/c1-13-7-16(24-23-13)8-15-10-25(11-20(15)27)21(28)12-26-14(2)18(9-22)17-5-3-4-6-19(17)26/h3-7,15,20,27H,8,10-12H2,1-2H3,(H,23,24)/t15-,20+/m1/s1. The van der Waals surface area contributed by atoms with Gasteiger partial charge in [-0.2, -0.15) is 10.4 Å². The van der Waals surface area contributed by atoms with Gasteiger partial charge in [0.15, 0.2) is 0 Å². The lowest BCUT2D eigenvalue weighted by Crippen LogP contribution is -2.33. The number of fused-ring (bicyclic) bond motifs is 1. The molecule has 3 aromatic rings. The number of hydrogen-bond acceptors (Lipinski definition) is 4. The van der Waals surface area contributed by atoms with Gasteiger partial charge >= 0.3 is 0 Å². The molecular weight excluding hydrogens is 354 g/mol. The number of aliphatic hydroxyl groups is 1. The summed E-state index contributed by atoms with van der Waals surface area (Å²) in [6.07, 6.45) is 0.0810. The molecule has 7 nitrogen and oxygen atoms in total. The molecule has 1 amide bonds. The van der Waals surface area contributed by atoms with Crippen molar-refractivity contribution in [1.82, 2.24) is 19.7 Å². The number of aromatic nitrogens is 3. The third-order valence-corrected chi connectivity index (χ3v) is 5.63. The highest BCUT2D eigenvalue weighted by Crippen LogP contribution is 2.26. The van der Waals surface area contributed by atoms with Crippen molar-refractivity contribution in [1.29, 1.82) is 5.26 Å². The topological polar surface area (TPSA) is 97.9 Å². The van der Waals surface area contributed by atoms with Crippen molar-refractivity contribution in [2.45, 2.75) is 32.9 Å². The first-order valence-electron chi connectivity index (χ1n) is 9.42. The number of β-amino-alcohol motifs (C(OH)–C–C–N with tert-alkyl or cyclic N) is 1. The molecule has 7 heteroatoms. The normalized spacial score (nSPS) is 19.3. The lowest BCUT2D eigenvalue weighted by Gasteiger charge is -2.17. The SMILES string of the molecule is Cc1cc(C[C@@H]2CN(C(=O)Cn3c(C)c(C#N)c4ccccc43)C[C@@H]2O)n[nH]1. The van der Waals surface area contributed by atoms with Gasteiger partial charge < -0.3 is 14.6 Å². The maximum atomic E-state index is 12.9. The number of carbonyl (C=O) groups excluding carboxylic acids is 1. The van der Waals surface area contributed by atoms with Gasteiger partial charge in [-0.05, 0) is 32.4 Å². The average Bonchev–Trinajstić information content (AvgIpc) is 3.33. The fraction of sp³-hybridized carbons (Fsp3) is 0.381. The number of para-hydroxylation sites is 1. The minimum absolute atomic E-state index is 0.0242. The molecule has 1 saturated heterocycles. The molecule has 2 aromatic heterocycles. The molecule has 1 fully saturated rings. The van der Waals surface area contributed by atoms with Crippen LogP contribution in [0.5, 0.6) is 0 Å². The van der Waals surface area contributed by atoms with Gasteiger partial charge in [-0.25, -0.2) is 0 Å². The van der Waals surface area contributed by atoms with E-state index in [0.29, 0.717) is 25.1 Å². The molecule has 4 rings (SSSR count). The van der Waals surface area contributed by atoms with Gasteiger partial charge in [0.2, 0.25) is 5.91 Å². The zero-order chi connectivity index (χ0) is 19.8. The lowest BCUT2D eigenvalue weighted by atomic mass is 10.0. The molecule has 0 saturated carbocycles. The Morgan fingerprint density at radius 1 is 1.36 bits per heavy atom. The smallest absolute Gasteiger partial charge is 0.242 e. The Labute approximate surface area is 163 Å². The molecule has 1 aromatic carbocycles. The maximum Gasteiger partial charge on any atom is 0.242 e. The summed E-state index contributed by atoms with van der Waals surface area (Å²) in [6.45, 7) is 4.81. The predicted molar refractivity (Wildman–Crippen MR) is 104 cm³/mol. The van der Waals surface area contributed by atoms with Crippen molar-refractivity contribution in [3.63, 3.8) is 0 Å². The molecule has 0 radical (unpaired) electrons. The first-order chi connectivity index (χ1) is 13.5. The first kappa shape index (κ1) is 18.3. The minimum atomic E-state index is -0.557. The van der Waals surface area contributed by atoms with Crippen LogP contribution in [0.15, 0.2) is 30.3 Å². The zero-order valence-corrected chi connectivity index (χ0v) is 16.0. The number of aromatic amines is 1. The molecule has 144 valence electrons. The van der Waals surface area contributed by atoms with E-state index in [1.165, 1.54) is 0 Å². The fourth-order valence-corrected chi connectivity index (χ4v) is 4.12. The second kappa shape index (κ2) is 7.13. The van der Waals surface area contributed by atoms with E-state index in [1.54, 1.807) is 4.90 Å². The van der Waals surface area contributed by atoms with E-state index in [4.69, 9.17) is 0 Å². The van der Waals surface area contributed by atoms with E-state index < -0.39 is 6.10 Å². The Bertz CT molecular complexity index is 1070. The highest BCUT2D eigenvalue weighted by molar-refractivity contribution is 5.89. The molecule has 0 unspecified atom stereocenters. The van der Waals surface area contributed by atoms with Crippen LogP contribution in [0.1, 0.15) is 22.6 Å². The Morgan fingerprint density at radius 3 is 2.86 bits per heavy atom. The monoisotopic (exact) mass is 377 g/mol. The van der Waals surface area contributed by atoms with Crippen LogP contribution in [-0.2, 0) is 17.8 Å². The molecule has 3 heterocycles. The van der Waals surface area contributed by atoms with E-state index in [0.717, 1.165) is 28.0 Å². The number of rotatable bonds is 4. The number of aryl methyl sites for hydroxylation is 1. The number of likely N-dealkylation sites (tertiary alicyclic amines) is 1. The van der Waals surface area contributed by atoms with Crippen LogP contribution in [0.25, 0.3) is 10.9 Å². The van der Waals surface area contributed by atoms with E-state index >= 15 is 0 Å². The van der Waals surface area contributed by atoms with Crippen LogP contribution < -0.4 is 0 Å². The number of H-pyrrole nitrogens is 1. The number of aliphatic hydroxyl groups excluding tert-OH is 1. The van der Waals surface area contributed by atoms with Crippen molar-refractivity contribution in [3.8, 4) is 6.07 Å². The summed E-state index contributed by atoms with van der Waals surface area (Å²) >= 11 is 0. The molecule has 1 aliphatic rings. The van der Waals surface area contributed by atoms with Crippen LogP contribution in [0.4, 0.5) is 0 Å². The quantitative estimate of drug-likeness (QED) is 0.726. The second-order valence-corrected chi connectivity index (χ2v) is 7.55. The van der Waals surface area contributed by atoms with Gasteiger partial charge in [-0.15, -0.1) is 0 Å². The van der Waals surface area contributed by atoms with Crippen LogP contribution in [-0.4, -0.2) is 49.9 Å². The lowest BCUT2D eigenvalue weighted by molar-refractivity contribution is -0.131. The largest absolute Gasteiger partial charge is 0.391 e. The molecular formula is C21H23N5O2. The molecule has 0 aliphatic carbocycles. The summed E-state index contributed by atoms with van der Waals surface area (Å²) in [4.78, 5) is 14.7. The highest BCUT2D eigenvalue weighted by Gasteiger charge is 2.34. The molecule has 28 heavy (non-hydrogen) atoms. The third kappa shape index (κ3) is 3.16. The van der Waals surface area contributed by atoms with Crippen molar-refractivity contribution in [2.24, 2.45) is 5.92 Å². The van der Waals surface area contributed by atoms with Gasteiger partial charge in [0.05, 0.1) is 22.9 Å². The maximum absolute atomic E-state index is 12.9. The number of nitrogens with zero attached hydrogens (tertiary/aromatic N) is 4. The van der Waals surface area contributed by atoms with Crippen LogP contribution in [0, 0.1) is 31.1 Å². The molecule has 2 atom stereocenters. The summed E-state index contributed by atoms with van der Waals surface area (Å²) < 4.78 is 1.90. The van der Waals surface area contributed by atoms with Crippen molar-refractivity contribution in [2.75, 3.05) is 13.1 Å². The third-order valence-electron chi connectivity index (χ3n) is 5.63. The van der Waals surface area contributed by atoms with Gasteiger partial charge in [0.25, 0.3) is 0 Å². The van der Waals surface area contributed by atoms with Gasteiger partial charge in [-0.1, -0.05) is 18.2 Å². The number of hydrogen-bond donors (Lipinski definition) is 2. The first-order valence-corrected chi connectivity index (χ1v) is 9.42. The van der Waals surface area contributed by atoms with Crippen LogP contribution in [0.3, 0.4) is 0 Å². The summed E-state index contributed by atoms with van der Waals surface area (Å²) in [5.74, 6) is -0.0723. The van der Waals surface area contributed by atoms with Crippen LogP contribution >= 0.6 is 0 Å². The number of amides is 1. The van der Waals surface area contributed by atoms with Gasteiger partial charge in [0, 0.05) is 35.8 Å². The van der Waals surface area contributed by atoms with Gasteiger partial charge in [0.1, 0.15) is 12.6 Å².